The lowest BCUT2D eigenvalue weighted by Gasteiger charge is -2.40. The first-order valence-electron chi connectivity index (χ1n) is 17.3. The Labute approximate surface area is 304 Å². The van der Waals surface area contributed by atoms with Crippen LogP contribution in [0.1, 0.15) is 51.1 Å². The fraction of sp³-hybridized carbons (Fsp3) is 0.444. The smallest absolute Gasteiger partial charge is 0.328 e. The number of hydrogen-bond acceptors (Lipinski definition) is 10. The summed E-state index contributed by atoms with van der Waals surface area (Å²) in [5.41, 5.74) is 3.31. The van der Waals surface area contributed by atoms with Crippen molar-refractivity contribution in [2.24, 2.45) is 14.1 Å². The van der Waals surface area contributed by atoms with E-state index in [1.54, 1.807) is 46.7 Å². The van der Waals surface area contributed by atoms with Gasteiger partial charge in [-0.1, -0.05) is 11.6 Å². The van der Waals surface area contributed by atoms with E-state index in [2.05, 4.69) is 25.7 Å². The maximum Gasteiger partial charge on any atom is 0.328 e. The summed E-state index contributed by atoms with van der Waals surface area (Å²) in [4.78, 5) is 50.1. The van der Waals surface area contributed by atoms with Crippen LogP contribution in [-0.2, 0) is 30.2 Å². The van der Waals surface area contributed by atoms with Gasteiger partial charge in [0.2, 0.25) is 17.8 Å². The first-order valence-corrected chi connectivity index (χ1v) is 17.7. The molecule has 5 heterocycles. The number of imide groups is 1. The molecule has 2 aliphatic rings. The zero-order chi connectivity index (χ0) is 37.1. The van der Waals surface area contributed by atoms with E-state index in [9.17, 15) is 19.5 Å². The Bertz CT molecular complexity index is 2260. The summed E-state index contributed by atoms with van der Waals surface area (Å²) < 4.78 is 20.9. The number of piperidine rings is 2. The van der Waals surface area contributed by atoms with Gasteiger partial charge in [0.1, 0.15) is 11.2 Å². The number of halogens is 2. The quantitative estimate of drug-likeness (QED) is 0.188. The summed E-state index contributed by atoms with van der Waals surface area (Å²) in [7, 11) is 5.30. The fourth-order valence-electron chi connectivity index (χ4n) is 7.24. The number of fused-ring (bicyclic) bond motifs is 2. The van der Waals surface area contributed by atoms with Crippen LogP contribution in [0, 0.1) is 0 Å². The van der Waals surface area contributed by atoms with E-state index in [1.807, 2.05) is 48.3 Å². The molecule has 5 aromatic rings. The van der Waals surface area contributed by atoms with Gasteiger partial charge in [-0.15, -0.1) is 0 Å². The van der Waals surface area contributed by atoms with Crippen molar-refractivity contribution in [3.05, 3.63) is 63.8 Å². The van der Waals surface area contributed by atoms with Gasteiger partial charge in [0.05, 0.1) is 52.5 Å². The Morgan fingerprint density at radius 1 is 1.10 bits per heavy atom. The Morgan fingerprint density at radius 2 is 1.88 bits per heavy atom. The number of carbonyl (C=O) groups is 2. The molecule has 0 aliphatic carbocycles. The SMILES string of the molecule is CN(c1ncc(Cl)c(Nc2ccc3c(c2)n(CCC(C)(C)O)c(=O)n3C)n1)[C@@H]1CCN(c2ccc3c(C4CCC(=O)NC4=O)nn(C)c3c2)C[C@H]1F. The number of rotatable bonds is 9. The summed E-state index contributed by atoms with van der Waals surface area (Å²) in [6, 6.07) is 10.8. The van der Waals surface area contributed by atoms with E-state index in [0.717, 1.165) is 22.1 Å². The molecule has 2 aliphatic heterocycles. The predicted octanol–water partition coefficient (Wildman–Crippen LogP) is 4.15. The zero-order valence-corrected chi connectivity index (χ0v) is 30.5. The number of carbonyl (C=O) groups excluding carboxylic acids is 2. The van der Waals surface area contributed by atoms with E-state index in [0.29, 0.717) is 61.0 Å². The highest BCUT2D eigenvalue weighted by Gasteiger charge is 2.35. The van der Waals surface area contributed by atoms with E-state index in [1.165, 1.54) is 6.20 Å². The van der Waals surface area contributed by atoms with Gasteiger partial charge < -0.3 is 20.2 Å². The van der Waals surface area contributed by atoms with Crippen LogP contribution in [0.5, 0.6) is 0 Å². The number of aromatic nitrogens is 6. The van der Waals surface area contributed by atoms with Crippen LogP contribution in [0.2, 0.25) is 5.02 Å². The highest BCUT2D eigenvalue weighted by molar-refractivity contribution is 6.33. The summed E-state index contributed by atoms with van der Waals surface area (Å²) in [5.74, 6) is -0.449. The van der Waals surface area contributed by atoms with Crippen molar-refractivity contribution >= 4 is 68.5 Å². The molecule has 0 saturated carbocycles. The molecule has 2 fully saturated rings. The van der Waals surface area contributed by atoms with Crippen molar-refractivity contribution in [2.75, 3.05) is 35.3 Å². The molecule has 3 aromatic heterocycles. The summed E-state index contributed by atoms with van der Waals surface area (Å²) in [6.07, 6.45) is 1.85. The molecule has 0 radical (unpaired) electrons. The van der Waals surface area contributed by atoms with Crippen LogP contribution < -0.4 is 26.1 Å². The number of amides is 2. The van der Waals surface area contributed by atoms with Gasteiger partial charge in [-0.25, -0.2) is 14.2 Å². The highest BCUT2D eigenvalue weighted by Crippen LogP contribution is 2.34. The minimum Gasteiger partial charge on any atom is -0.390 e. The summed E-state index contributed by atoms with van der Waals surface area (Å²) in [5, 5.41) is 21.7. The summed E-state index contributed by atoms with van der Waals surface area (Å²) in [6.45, 7) is 4.51. The third-order valence-corrected chi connectivity index (χ3v) is 10.5. The Morgan fingerprint density at radius 3 is 2.62 bits per heavy atom. The number of alkyl halides is 1. The molecule has 2 saturated heterocycles. The van der Waals surface area contributed by atoms with Gasteiger partial charge in [0.15, 0.2) is 5.82 Å². The second-order valence-electron chi connectivity index (χ2n) is 14.4. The van der Waals surface area contributed by atoms with Crippen LogP contribution in [-0.4, -0.2) is 83.8 Å². The largest absolute Gasteiger partial charge is 0.390 e. The second kappa shape index (κ2) is 13.5. The van der Waals surface area contributed by atoms with Gasteiger partial charge in [-0.2, -0.15) is 10.1 Å². The minimum absolute atomic E-state index is 0.156. The lowest BCUT2D eigenvalue weighted by molar-refractivity contribution is -0.134. The van der Waals surface area contributed by atoms with Gasteiger partial charge in [0, 0.05) is 57.4 Å². The standard InChI is InChI=1S/C36H42ClFN10O4/c1-36(2,52)13-15-48-29-16-20(6-10-27(29)45(4)35(48)51)40-32-24(37)18-39-34(42-32)44(3)26-12-14-47(19-25(26)38)21-7-8-22-28(17-21)46(5)43-31(22)23-9-11-30(49)41-33(23)50/h6-8,10,16-18,23,25-26,52H,9,11-15,19H2,1-5H3,(H,39,40,42)(H,41,49,50)/t23?,25-,26-/m1/s1. The lowest BCUT2D eigenvalue weighted by Crippen LogP contribution is -2.52. The third-order valence-electron chi connectivity index (χ3n) is 10.2. The van der Waals surface area contributed by atoms with Crippen LogP contribution in [0.15, 0.2) is 47.4 Å². The van der Waals surface area contributed by atoms with Crippen LogP contribution >= 0.6 is 11.6 Å². The molecule has 2 amide bonds. The number of aryl methyl sites for hydroxylation is 3. The maximum atomic E-state index is 16.0. The minimum atomic E-state index is -1.23. The average molecular weight is 733 g/mol. The van der Waals surface area contributed by atoms with Crippen LogP contribution in [0.3, 0.4) is 0 Å². The fourth-order valence-corrected chi connectivity index (χ4v) is 7.37. The van der Waals surface area contributed by atoms with Crippen LogP contribution in [0.25, 0.3) is 21.9 Å². The van der Waals surface area contributed by atoms with E-state index in [-0.39, 0.29) is 35.5 Å². The monoisotopic (exact) mass is 732 g/mol. The molecular formula is C36H42ClFN10O4. The molecule has 14 nitrogen and oxygen atoms in total. The van der Waals surface area contributed by atoms with E-state index in [4.69, 9.17) is 11.6 Å². The summed E-state index contributed by atoms with van der Waals surface area (Å²) >= 11 is 6.53. The van der Waals surface area contributed by atoms with Gasteiger partial charge >= 0.3 is 5.69 Å². The Kier molecular flexibility index (Phi) is 9.19. The van der Waals surface area contributed by atoms with Crippen molar-refractivity contribution in [1.82, 2.24) is 34.2 Å². The van der Waals surface area contributed by atoms with Gasteiger partial charge in [-0.3, -0.25) is 28.7 Å². The van der Waals surface area contributed by atoms with Crippen LogP contribution in [0.4, 0.5) is 27.5 Å². The van der Waals surface area contributed by atoms with Gasteiger partial charge in [0.25, 0.3) is 0 Å². The molecule has 3 atom stereocenters. The lowest BCUT2D eigenvalue weighted by atomic mass is 9.92. The number of nitrogens with one attached hydrogen (secondary N) is 2. The topological polar surface area (TPSA) is 155 Å². The van der Waals surface area contributed by atoms with Crippen molar-refractivity contribution in [3.63, 3.8) is 0 Å². The van der Waals surface area contributed by atoms with Crippen molar-refractivity contribution in [1.29, 1.82) is 0 Å². The van der Waals surface area contributed by atoms with E-state index >= 15 is 4.39 Å². The zero-order valence-electron chi connectivity index (χ0n) is 29.7. The van der Waals surface area contributed by atoms with Crippen molar-refractivity contribution in [2.45, 2.75) is 69.8 Å². The molecule has 0 spiro atoms. The predicted molar refractivity (Wildman–Crippen MR) is 198 cm³/mol. The molecule has 0 bridgehead atoms. The molecule has 3 N–H and O–H groups in total. The Balaban J connectivity index is 1.06. The molecule has 7 rings (SSSR count). The number of nitrogens with zero attached hydrogens (tertiary/aromatic N) is 8. The molecule has 52 heavy (non-hydrogen) atoms. The van der Waals surface area contributed by atoms with E-state index < -0.39 is 23.7 Å². The van der Waals surface area contributed by atoms with Gasteiger partial charge in [-0.05, 0) is 69.5 Å². The number of hydrogen-bond donors (Lipinski definition) is 3. The van der Waals surface area contributed by atoms with Crippen molar-refractivity contribution < 1.29 is 19.1 Å². The second-order valence-corrected chi connectivity index (χ2v) is 14.8. The number of anilines is 4. The molecule has 1 unspecified atom stereocenters. The molecule has 16 heteroatoms. The third kappa shape index (κ3) is 6.70. The normalized spacial score (nSPS) is 19.8. The number of aliphatic hydroxyl groups is 1. The number of imidazole rings is 1. The molecule has 274 valence electrons. The number of benzene rings is 2. The maximum absolute atomic E-state index is 16.0. The molecule has 2 aromatic carbocycles. The average Bonchev–Trinajstić information content (AvgIpc) is 3.55. The first kappa shape index (κ1) is 35.4. The first-order chi connectivity index (χ1) is 24.7. The molecular weight excluding hydrogens is 691 g/mol. The van der Waals surface area contributed by atoms with Crippen molar-refractivity contribution in [3.8, 4) is 0 Å². The highest BCUT2D eigenvalue weighted by atomic mass is 35.5. The Hall–Kier alpha value is -5.02.